The van der Waals surface area contributed by atoms with Gasteiger partial charge in [-0.25, -0.2) is 0 Å². The molecule has 0 unspecified atom stereocenters. The van der Waals surface area contributed by atoms with Gasteiger partial charge in [-0.1, -0.05) is 27.4 Å². The Balaban J connectivity index is 4.45. The summed E-state index contributed by atoms with van der Waals surface area (Å²) in [6, 6.07) is 0. The Morgan fingerprint density at radius 2 is 1.91 bits per heavy atom. The summed E-state index contributed by atoms with van der Waals surface area (Å²) in [6.45, 7) is 9.80. The van der Waals surface area contributed by atoms with Crippen molar-refractivity contribution in [2.45, 2.75) is 20.8 Å². The summed E-state index contributed by atoms with van der Waals surface area (Å²) < 4.78 is 0. The maximum atomic E-state index is 4.12. The minimum absolute atomic E-state index is 0.0707. The highest BCUT2D eigenvalue weighted by Crippen LogP contribution is 2.14. The molecule has 0 radical (unpaired) electrons. The number of hydrogen-bond acceptors (Lipinski definition) is 2. The van der Waals surface area contributed by atoms with Gasteiger partial charge in [0.25, 0.3) is 0 Å². The Labute approximate surface area is 68.8 Å². The van der Waals surface area contributed by atoms with Crippen molar-refractivity contribution in [1.29, 1.82) is 0 Å². The predicted molar refractivity (Wildman–Crippen MR) is 51.5 cm³/mol. The van der Waals surface area contributed by atoms with Crippen LogP contribution in [-0.4, -0.2) is 19.0 Å². The third-order valence-corrected chi connectivity index (χ3v) is 1.31. The molecule has 2 heteroatoms. The molecule has 0 fully saturated rings. The summed E-state index contributed by atoms with van der Waals surface area (Å²) in [5.41, 5.74) is 1.05. The number of hydrogen-bond donors (Lipinski definition) is 0. The molecule has 0 aromatic carbocycles. The van der Waals surface area contributed by atoms with Gasteiger partial charge in [0.15, 0.2) is 0 Å². The molecule has 0 amide bonds. The summed E-state index contributed by atoms with van der Waals surface area (Å²) >= 11 is 0. The van der Waals surface area contributed by atoms with Crippen LogP contribution in [-0.2, 0) is 0 Å². The zero-order valence-corrected chi connectivity index (χ0v) is 7.76. The number of aliphatic imine (C=N–C) groups is 2. The van der Waals surface area contributed by atoms with Crippen LogP contribution >= 0.6 is 0 Å². The van der Waals surface area contributed by atoms with Crippen LogP contribution in [0.2, 0.25) is 0 Å². The van der Waals surface area contributed by atoms with E-state index in [1.807, 2.05) is 0 Å². The van der Waals surface area contributed by atoms with E-state index in [0.717, 1.165) is 5.71 Å². The first-order valence-electron chi connectivity index (χ1n) is 3.63. The lowest BCUT2D eigenvalue weighted by Gasteiger charge is -2.16. The molecule has 0 spiro atoms. The lowest BCUT2D eigenvalue weighted by atomic mass is 9.90. The van der Waals surface area contributed by atoms with Gasteiger partial charge in [0.05, 0.1) is 5.71 Å². The molecule has 0 aliphatic heterocycles. The van der Waals surface area contributed by atoms with E-state index in [2.05, 4.69) is 37.3 Å². The van der Waals surface area contributed by atoms with Crippen LogP contribution in [0.1, 0.15) is 20.8 Å². The highest BCUT2D eigenvalue weighted by molar-refractivity contribution is 6.32. The molecule has 0 bridgehead atoms. The summed E-state index contributed by atoms with van der Waals surface area (Å²) in [7, 11) is 1.77. The molecule has 11 heavy (non-hydrogen) atoms. The second-order valence-electron chi connectivity index (χ2n) is 3.32. The molecule has 2 nitrogen and oxygen atoms in total. The molecule has 0 saturated carbocycles. The first-order chi connectivity index (χ1) is 5.02. The van der Waals surface area contributed by atoms with Crippen molar-refractivity contribution in [3.8, 4) is 0 Å². The molecular formula is C9H16N2. The van der Waals surface area contributed by atoms with Crippen molar-refractivity contribution in [2.24, 2.45) is 15.4 Å². The van der Waals surface area contributed by atoms with E-state index in [4.69, 9.17) is 0 Å². The third kappa shape index (κ3) is 3.71. The largest absolute Gasteiger partial charge is 0.291 e. The molecule has 0 aliphatic carbocycles. The van der Waals surface area contributed by atoms with Crippen molar-refractivity contribution >= 4 is 11.9 Å². The SMILES string of the molecule is C=CN=CC(=NC)C(C)(C)C. The fourth-order valence-corrected chi connectivity index (χ4v) is 0.710. The second-order valence-corrected chi connectivity index (χ2v) is 3.32. The van der Waals surface area contributed by atoms with Gasteiger partial charge in [-0.3, -0.25) is 9.98 Å². The van der Waals surface area contributed by atoms with Crippen LogP contribution in [0.3, 0.4) is 0 Å². The second kappa shape index (κ2) is 4.06. The molecule has 0 N–H and O–H groups in total. The van der Waals surface area contributed by atoms with Gasteiger partial charge >= 0.3 is 0 Å². The maximum Gasteiger partial charge on any atom is 0.0580 e. The first-order valence-corrected chi connectivity index (χ1v) is 3.63. The van der Waals surface area contributed by atoms with Crippen molar-refractivity contribution in [3.05, 3.63) is 12.8 Å². The summed E-state index contributed by atoms with van der Waals surface area (Å²) in [4.78, 5) is 8.03. The van der Waals surface area contributed by atoms with Crippen molar-refractivity contribution in [2.75, 3.05) is 7.05 Å². The van der Waals surface area contributed by atoms with Crippen LogP contribution in [0.4, 0.5) is 0 Å². The fraction of sp³-hybridized carbons (Fsp3) is 0.556. The Morgan fingerprint density at radius 3 is 2.18 bits per heavy atom. The van der Waals surface area contributed by atoms with E-state index in [9.17, 15) is 0 Å². The molecule has 0 rings (SSSR count). The van der Waals surface area contributed by atoms with Gasteiger partial charge in [0.1, 0.15) is 0 Å². The van der Waals surface area contributed by atoms with Gasteiger partial charge in [-0.15, -0.1) is 0 Å². The van der Waals surface area contributed by atoms with Gasteiger partial charge in [-0.2, -0.15) is 0 Å². The van der Waals surface area contributed by atoms with Crippen LogP contribution in [0, 0.1) is 5.41 Å². The highest BCUT2D eigenvalue weighted by atomic mass is 14.7. The highest BCUT2D eigenvalue weighted by Gasteiger charge is 2.15. The molecule has 62 valence electrons. The topological polar surface area (TPSA) is 24.7 Å². The van der Waals surface area contributed by atoms with Gasteiger partial charge < -0.3 is 0 Å². The van der Waals surface area contributed by atoms with Gasteiger partial charge in [-0.05, 0) is 0 Å². The fourth-order valence-electron chi connectivity index (χ4n) is 0.710. The molecule has 0 aliphatic rings. The van der Waals surface area contributed by atoms with E-state index < -0.39 is 0 Å². The minimum atomic E-state index is 0.0707. The lowest BCUT2D eigenvalue weighted by molar-refractivity contribution is 0.598. The Hall–Kier alpha value is -0.920. The van der Waals surface area contributed by atoms with E-state index in [-0.39, 0.29) is 5.41 Å². The zero-order chi connectivity index (χ0) is 8.91. The molecular weight excluding hydrogens is 136 g/mol. The Morgan fingerprint density at radius 1 is 1.36 bits per heavy atom. The van der Waals surface area contributed by atoms with E-state index in [0.29, 0.717) is 0 Å². The van der Waals surface area contributed by atoms with E-state index in [1.54, 1.807) is 13.3 Å². The number of rotatable bonds is 2. The summed E-state index contributed by atoms with van der Waals surface area (Å²) in [6.07, 6.45) is 3.25. The van der Waals surface area contributed by atoms with Gasteiger partial charge in [0.2, 0.25) is 0 Å². The predicted octanol–water partition coefficient (Wildman–Crippen LogP) is 2.32. The third-order valence-electron chi connectivity index (χ3n) is 1.31. The molecule has 0 atom stereocenters. The summed E-state index contributed by atoms with van der Waals surface area (Å²) in [5, 5.41) is 0. The quantitative estimate of drug-likeness (QED) is 0.542. The van der Waals surface area contributed by atoms with Gasteiger partial charge in [0, 0.05) is 24.9 Å². The molecule has 0 aromatic rings. The Kier molecular flexibility index (Phi) is 3.72. The normalized spacial score (nSPS) is 14.0. The van der Waals surface area contributed by atoms with E-state index >= 15 is 0 Å². The van der Waals surface area contributed by atoms with Crippen molar-refractivity contribution < 1.29 is 0 Å². The molecule has 0 aromatic heterocycles. The van der Waals surface area contributed by atoms with E-state index in [1.165, 1.54) is 6.20 Å². The van der Waals surface area contributed by atoms with Crippen LogP contribution in [0.15, 0.2) is 22.8 Å². The average molecular weight is 152 g/mol. The van der Waals surface area contributed by atoms with Crippen molar-refractivity contribution in [3.63, 3.8) is 0 Å². The lowest BCUT2D eigenvalue weighted by Crippen LogP contribution is -2.21. The monoisotopic (exact) mass is 152 g/mol. The molecule has 0 saturated heterocycles. The minimum Gasteiger partial charge on any atom is -0.291 e. The first kappa shape index (κ1) is 10.1. The van der Waals surface area contributed by atoms with Crippen LogP contribution < -0.4 is 0 Å². The van der Waals surface area contributed by atoms with Crippen LogP contribution in [0.5, 0.6) is 0 Å². The van der Waals surface area contributed by atoms with Crippen LogP contribution in [0.25, 0.3) is 0 Å². The summed E-state index contributed by atoms with van der Waals surface area (Å²) in [5.74, 6) is 0. The number of nitrogens with zero attached hydrogens (tertiary/aromatic N) is 2. The Bertz CT molecular complexity index is 182. The average Bonchev–Trinajstić information content (AvgIpc) is 1.87. The standard InChI is InChI=1S/C9H16N2/c1-6-11-7-8(10-5)9(2,3)4/h6-7H,1H2,2-5H3. The molecule has 0 heterocycles. The maximum absolute atomic E-state index is 4.12. The zero-order valence-electron chi connectivity index (χ0n) is 7.76. The smallest absolute Gasteiger partial charge is 0.0580 e. The van der Waals surface area contributed by atoms with Crippen molar-refractivity contribution in [1.82, 2.24) is 0 Å².